The second kappa shape index (κ2) is 7.53. The van der Waals surface area contributed by atoms with Crippen LogP contribution in [0.2, 0.25) is 0 Å². The summed E-state index contributed by atoms with van der Waals surface area (Å²) in [5.41, 5.74) is 0.907. The molecule has 1 unspecified atom stereocenters. The fraction of sp³-hybridized carbons (Fsp3) is 0.467. The molecule has 0 aromatic heterocycles. The Balaban J connectivity index is 1.82. The number of piperidine rings is 1. The highest BCUT2D eigenvalue weighted by Gasteiger charge is 2.19. The van der Waals surface area contributed by atoms with Crippen LogP contribution in [-0.4, -0.2) is 38.7 Å². The first-order valence-corrected chi connectivity index (χ1v) is 7.14. The summed E-state index contributed by atoms with van der Waals surface area (Å²) < 4.78 is 10.4. The van der Waals surface area contributed by atoms with E-state index in [1.54, 1.807) is 20.3 Å². The van der Waals surface area contributed by atoms with Crippen molar-refractivity contribution in [3.8, 4) is 11.5 Å². The summed E-state index contributed by atoms with van der Waals surface area (Å²) in [6.45, 7) is 0.855. The molecule has 0 radical (unpaired) electrons. The summed E-state index contributed by atoms with van der Waals surface area (Å²) in [7, 11) is 3.14. The van der Waals surface area contributed by atoms with Crippen molar-refractivity contribution in [1.82, 2.24) is 16.0 Å². The molecule has 2 rings (SSSR count). The van der Waals surface area contributed by atoms with Crippen LogP contribution in [0.15, 0.2) is 18.2 Å². The molecule has 0 saturated carbocycles. The number of ether oxygens (including phenoxy) is 2. The lowest BCUT2D eigenvalue weighted by atomic mass is 10.1. The molecular formula is C15H21N3O4. The van der Waals surface area contributed by atoms with Gasteiger partial charge in [-0.1, -0.05) is 6.07 Å². The number of nitrogens with one attached hydrogen (secondary N) is 3. The zero-order valence-corrected chi connectivity index (χ0v) is 12.8. The Hall–Kier alpha value is -2.44. The van der Waals surface area contributed by atoms with Gasteiger partial charge in [0.05, 0.1) is 14.2 Å². The van der Waals surface area contributed by atoms with Crippen LogP contribution >= 0.6 is 0 Å². The molecule has 1 fully saturated rings. The standard InChI is InChI=1S/C15H21N3O4/c1-21-12-5-3-10(7-13(12)22-2)8-17-15(20)18-11-4-6-14(19)16-9-11/h3,5,7,11H,4,6,8-9H2,1-2H3,(H,16,19)(H2,17,18,20). The molecule has 0 aliphatic carbocycles. The molecule has 0 bridgehead atoms. The average molecular weight is 307 g/mol. The largest absolute Gasteiger partial charge is 0.493 e. The van der Waals surface area contributed by atoms with E-state index in [9.17, 15) is 9.59 Å². The van der Waals surface area contributed by atoms with Gasteiger partial charge >= 0.3 is 6.03 Å². The highest BCUT2D eigenvalue weighted by atomic mass is 16.5. The Bertz CT molecular complexity index is 538. The van der Waals surface area contributed by atoms with Gasteiger partial charge in [-0.2, -0.15) is 0 Å². The van der Waals surface area contributed by atoms with Gasteiger partial charge < -0.3 is 25.4 Å². The van der Waals surface area contributed by atoms with Crippen LogP contribution in [0, 0.1) is 0 Å². The van der Waals surface area contributed by atoms with Crippen LogP contribution in [0.25, 0.3) is 0 Å². The number of rotatable bonds is 5. The second-order valence-electron chi connectivity index (χ2n) is 5.06. The van der Waals surface area contributed by atoms with E-state index < -0.39 is 0 Å². The predicted molar refractivity (Wildman–Crippen MR) is 80.9 cm³/mol. The molecule has 0 spiro atoms. The minimum atomic E-state index is -0.254. The van der Waals surface area contributed by atoms with Crippen molar-refractivity contribution in [2.75, 3.05) is 20.8 Å². The number of amides is 3. The van der Waals surface area contributed by atoms with Crippen molar-refractivity contribution in [2.45, 2.75) is 25.4 Å². The van der Waals surface area contributed by atoms with E-state index in [2.05, 4.69) is 16.0 Å². The minimum absolute atomic E-state index is 0.0249. The number of methoxy groups -OCH3 is 2. The lowest BCUT2D eigenvalue weighted by Gasteiger charge is -2.23. The second-order valence-corrected chi connectivity index (χ2v) is 5.06. The lowest BCUT2D eigenvalue weighted by molar-refractivity contribution is -0.122. The highest BCUT2D eigenvalue weighted by Crippen LogP contribution is 2.27. The molecule has 120 valence electrons. The van der Waals surface area contributed by atoms with E-state index in [-0.39, 0.29) is 18.0 Å². The Morgan fingerprint density at radius 1 is 1.32 bits per heavy atom. The summed E-state index contributed by atoms with van der Waals surface area (Å²) in [6.07, 6.45) is 1.11. The third-order valence-corrected chi connectivity index (χ3v) is 3.50. The molecular weight excluding hydrogens is 286 g/mol. The van der Waals surface area contributed by atoms with Crippen molar-refractivity contribution in [3.63, 3.8) is 0 Å². The smallest absolute Gasteiger partial charge is 0.315 e. The van der Waals surface area contributed by atoms with E-state index >= 15 is 0 Å². The molecule has 7 nitrogen and oxygen atoms in total. The number of carbonyl (C=O) groups excluding carboxylic acids is 2. The van der Waals surface area contributed by atoms with Crippen LogP contribution in [0.3, 0.4) is 0 Å². The third kappa shape index (κ3) is 4.28. The Labute approximate surface area is 129 Å². The highest BCUT2D eigenvalue weighted by molar-refractivity contribution is 5.78. The van der Waals surface area contributed by atoms with Gasteiger partial charge in [0.15, 0.2) is 11.5 Å². The van der Waals surface area contributed by atoms with Gasteiger partial charge in [0.1, 0.15) is 0 Å². The number of benzene rings is 1. The molecule has 1 aliphatic rings. The average Bonchev–Trinajstić information content (AvgIpc) is 2.54. The van der Waals surface area contributed by atoms with E-state index in [1.165, 1.54) is 0 Å². The number of hydrogen-bond acceptors (Lipinski definition) is 4. The summed E-state index contributed by atoms with van der Waals surface area (Å²) in [4.78, 5) is 22.9. The summed E-state index contributed by atoms with van der Waals surface area (Å²) in [6, 6.07) is 5.20. The van der Waals surface area contributed by atoms with Gasteiger partial charge in [-0.05, 0) is 24.1 Å². The van der Waals surface area contributed by atoms with Gasteiger partial charge in [0.2, 0.25) is 5.91 Å². The van der Waals surface area contributed by atoms with Gasteiger partial charge in [-0.3, -0.25) is 4.79 Å². The maximum atomic E-state index is 11.9. The van der Waals surface area contributed by atoms with Crippen molar-refractivity contribution >= 4 is 11.9 Å². The SMILES string of the molecule is COc1ccc(CNC(=O)NC2CCC(=O)NC2)cc1OC. The predicted octanol–water partition coefficient (Wildman–Crippen LogP) is 0.782. The zero-order valence-electron chi connectivity index (χ0n) is 12.8. The molecule has 3 N–H and O–H groups in total. The van der Waals surface area contributed by atoms with Crippen LogP contribution in [0.4, 0.5) is 4.79 Å². The molecule has 3 amide bonds. The molecule has 1 heterocycles. The quantitative estimate of drug-likeness (QED) is 0.750. The molecule has 1 aromatic carbocycles. The van der Waals surface area contributed by atoms with E-state index in [1.807, 2.05) is 12.1 Å². The summed E-state index contributed by atoms with van der Waals surface area (Å²) >= 11 is 0. The maximum absolute atomic E-state index is 11.9. The molecule has 1 saturated heterocycles. The van der Waals surface area contributed by atoms with Crippen molar-refractivity contribution < 1.29 is 19.1 Å². The van der Waals surface area contributed by atoms with Crippen LogP contribution in [0.1, 0.15) is 18.4 Å². The molecule has 1 aromatic rings. The molecule has 1 aliphatic heterocycles. The van der Waals surface area contributed by atoms with E-state index in [4.69, 9.17) is 9.47 Å². The first kappa shape index (κ1) is 15.9. The number of urea groups is 1. The first-order chi connectivity index (χ1) is 10.6. The van der Waals surface area contributed by atoms with E-state index in [0.717, 1.165) is 5.56 Å². The number of carbonyl (C=O) groups is 2. The monoisotopic (exact) mass is 307 g/mol. The van der Waals surface area contributed by atoms with Gasteiger partial charge in [0, 0.05) is 25.6 Å². The van der Waals surface area contributed by atoms with Gasteiger partial charge in [0.25, 0.3) is 0 Å². The van der Waals surface area contributed by atoms with Crippen molar-refractivity contribution in [3.05, 3.63) is 23.8 Å². The topological polar surface area (TPSA) is 88.7 Å². The normalized spacial score (nSPS) is 17.4. The van der Waals surface area contributed by atoms with E-state index in [0.29, 0.717) is 37.4 Å². The lowest BCUT2D eigenvalue weighted by Crippen LogP contribution is -2.50. The third-order valence-electron chi connectivity index (χ3n) is 3.50. The van der Waals surface area contributed by atoms with Crippen LogP contribution in [-0.2, 0) is 11.3 Å². The Kier molecular flexibility index (Phi) is 5.46. The molecule has 22 heavy (non-hydrogen) atoms. The van der Waals surface area contributed by atoms with Gasteiger partial charge in [-0.25, -0.2) is 4.79 Å². The molecule has 7 heteroatoms. The molecule has 1 atom stereocenters. The van der Waals surface area contributed by atoms with Crippen LogP contribution in [0.5, 0.6) is 11.5 Å². The maximum Gasteiger partial charge on any atom is 0.315 e. The van der Waals surface area contributed by atoms with Gasteiger partial charge in [-0.15, -0.1) is 0 Å². The fourth-order valence-corrected chi connectivity index (χ4v) is 2.27. The summed E-state index contributed by atoms with van der Waals surface area (Å²) in [5, 5.41) is 8.35. The minimum Gasteiger partial charge on any atom is -0.493 e. The van der Waals surface area contributed by atoms with Crippen molar-refractivity contribution in [2.24, 2.45) is 0 Å². The zero-order chi connectivity index (χ0) is 15.9. The Morgan fingerprint density at radius 3 is 2.73 bits per heavy atom. The Morgan fingerprint density at radius 2 is 2.09 bits per heavy atom. The number of hydrogen-bond donors (Lipinski definition) is 3. The first-order valence-electron chi connectivity index (χ1n) is 7.14. The fourth-order valence-electron chi connectivity index (χ4n) is 2.27. The summed E-state index contributed by atoms with van der Waals surface area (Å²) in [5.74, 6) is 1.30. The van der Waals surface area contributed by atoms with Crippen molar-refractivity contribution in [1.29, 1.82) is 0 Å². The van der Waals surface area contributed by atoms with Crippen LogP contribution < -0.4 is 25.4 Å².